The van der Waals surface area contributed by atoms with E-state index in [1.807, 2.05) is 6.07 Å². The maximum Gasteiger partial charge on any atom is 0.352 e. The van der Waals surface area contributed by atoms with Crippen molar-refractivity contribution in [3.63, 3.8) is 0 Å². The van der Waals surface area contributed by atoms with Crippen LogP contribution in [0.2, 0.25) is 0 Å². The number of benzene rings is 2. The molecule has 0 aliphatic rings. The molecule has 0 saturated carbocycles. The molecule has 2 aromatic carbocycles. The topological polar surface area (TPSA) is 66.8 Å². The average Bonchev–Trinajstić information content (AvgIpc) is 2.42. The lowest BCUT2D eigenvalue weighted by Gasteiger charge is -2.26. The Morgan fingerprint density at radius 1 is 1.05 bits per heavy atom. The molecule has 4 heteroatoms. The molecule has 0 fully saturated rings. The third kappa shape index (κ3) is 2.68. The first kappa shape index (κ1) is 13.0. The van der Waals surface area contributed by atoms with Gasteiger partial charge in [-0.25, -0.2) is 4.79 Å². The summed E-state index contributed by atoms with van der Waals surface area (Å²) in [6.45, 7) is 1.50. The van der Waals surface area contributed by atoms with Crippen LogP contribution in [0.1, 0.15) is 12.5 Å². The average molecular weight is 258 g/mol. The van der Waals surface area contributed by atoms with Crippen molar-refractivity contribution in [3.8, 4) is 11.5 Å². The summed E-state index contributed by atoms with van der Waals surface area (Å²) in [7, 11) is 0. The lowest BCUT2D eigenvalue weighted by Crippen LogP contribution is -2.38. The first-order valence-corrected chi connectivity index (χ1v) is 5.79. The molecule has 0 radical (unpaired) electrons. The van der Waals surface area contributed by atoms with Crippen molar-refractivity contribution < 1.29 is 19.7 Å². The monoisotopic (exact) mass is 258 g/mol. The number of phenols is 1. The number of aliphatic carboxylic acids is 1. The number of carboxylic acids is 1. The minimum Gasteiger partial charge on any atom is -0.508 e. The Bertz CT molecular complexity index is 562. The van der Waals surface area contributed by atoms with Crippen molar-refractivity contribution in [1.29, 1.82) is 0 Å². The molecule has 1 atom stereocenters. The van der Waals surface area contributed by atoms with Gasteiger partial charge in [0.15, 0.2) is 0 Å². The maximum absolute atomic E-state index is 11.5. The summed E-state index contributed by atoms with van der Waals surface area (Å²) in [6.07, 6.45) is 0. The summed E-state index contributed by atoms with van der Waals surface area (Å²) in [5.41, 5.74) is -0.923. The zero-order valence-corrected chi connectivity index (χ0v) is 10.4. The predicted molar refractivity (Wildman–Crippen MR) is 70.2 cm³/mol. The van der Waals surface area contributed by atoms with Crippen LogP contribution in [-0.2, 0) is 10.4 Å². The van der Waals surface area contributed by atoms with E-state index in [0.717, 1.165) is 0 Å². The van der Waals surface area contributed by atoms with Crippen molar-refractivity contribution in [2.75, 3.05) is 0 Å². The van der Waals surface area contributed by atoms with E-state index in [9.17, 15) is 15.0 Å². The van der Waals surface area contributed by atoms with Crippen molar-refractivity contribution in [2.24, 2.45) is 0 Å². The third-order valence-corrected chi connectivity index (χ3v) is 2.89. The second kappa shape index (κ2) is 5.02. The highest BCUT2D eigenvalue weighted by Gasteiger charge is 2.37. The van der Waals surface area contributed by atoms with Gasteiger partial charge >= 0.3 is 5.97 Å². The molecule has 0 heterocycles. The SMILES string of the molecule is CC(Oc1ccc(O)cc1)(C(=O)O)c1ccccc1. The number of hydrogen-bond donors (Lipinski definition) is 2. The molecule has 0 aliphatic heterocycles. The fourth-order valence-electron chi connectivity index (χ4n) is 1.73. The van der Waals surface area contributed by atoms with Crippen LogP contribution in [0.25, 0.3) is 0 Å². The molecule has 2 aromatic rings. The van der Waals surface area contributed by atoms with Crippen LogP contribution in [0, 0.1) is 0 Å². The fraction of sp³-hybridized carbons (Fsp3) is 0.133. The number of carbonyl (C=O) groups is 1. The third-order valence-electron chi connectivity index (χ3n) is 2.89. The van der Waals surface area contributed by atoms with Gasteiger partial charge in [0, 0.05) is 5.56 Å². The highest BCUT2D eigenvalue weighted by Crippen LogP contribution is 2.29. The molecule has 4 nitrogen and oxygen atoms in total. The highest BCUT2D eigenvalue weighted by atomic mass is 16.5. The minimum absolute atomic E-state index is 0.101. The van der Waals surface area contributed by atoms with Crippen LogP contribution in [0.3, 0.4) is 0 Å². The summed E-state index contributed by atoms with van der Waals surface area (Å²) >= 11 is 0. The first-order valence-electron chi connectivity index (χ1n) is 5.79. The van der Waals surface area contributed by atoms with Gasteiger partial charge < -0.3 is 14.9 Å². The van der Waals surface area contributed by atoms with Crippen LogP contribution in [0.15, 0.2) is 54.6 Å². The van der Waals surface area contributed by atoms with E-state index in [0.29, 0.717) is 11.3 Å². The minimum atomic E-state index is -1.47. The van der Waals surface area contributed by atoms with Gasteiger partial charge in [0.2, 0.25) is 5.60 Å². The number of aromatic hydroxyl groups is 1. The van der Waals surface area contributed by atoms with Crippen LogP contribution >= 0.6 is 0 Å². The largest absolute Gasteiger partial charge is 0.508 e. The van der Waals surface area contributed by atoms with Crippen LogP contribution in [-0.4, -0.2) is 16.2 Å². The Hall–Kier alpha value is -2.49. The molecular weight excluding hydrogens is 244 g/mol. The van der Waals surface area contributed by atoms with E-state index >= 15 is 0 Å². The molecule has 0 bridgehead atoms. The molecular formula is C15H14O4. The van der Waals surface area contributed by atoms with Crippen LogP contribution in [0.5, 0.6) is 11.5 Å². The van der Waals surface area contributed by atoms with Crippen molar-refractivity contribution in [3.05, 3.63) is 60.2 Å². The van der Waals surface area contributed by atoms with E-state index in [-0.39, 0.29) is 5.75 Å². The summed E-state index contributed by atoms with van der Waals surface area (Å²) in [5.74, 6) is -0.595. The second-order valence-electron chi connectivity index (χ2n) is 4.30. The molecule has 19 heavy (non-hydrogen) atoms. The molecule has 0 aromatic heterocycles. The maximum atomic E-state index is 11.5. The zero-order valence-electron chi connectivity index (χ0n) is 10.4. The van der Waals surface area contributed by atoms with Gasteiger partial charge in [0.05, 0.1) is 0 Å². The second-order valence-corrected chi connectivity index (χ2v) is 4.30. The Morgan fingerprint density at radius 3 is 2.16 bits per heavy atom. The Morgan fingerprint density at radius 2 is 1.63 bits per heavy atom. The van der Waals surface area contributed by atoms with Crippen LogP contribution < -0.4 is 4.74 Å². The standard InChI is InChI=1S/C15H14O4/c1-15(14(17)18,11-5-3-2-4-6-11)19-13-9-7-12(16)8-10-13/h2-10,16H,1H3,(H,17,18). The van der Waals surface area contributed by atoms with Gasteiger partial charge in [0.25, 0.3) is 0 Å². The Labute approximate surface area is 110 Å². The molecule has 1 unspecified atom stereocenters. The predicted octanol–water partition coefficient (Wildman–Crippen LogP) is 2.77. The first-order chi connectivity index (χ1) is 9.02. The zero-order chi connectivity index (χ0) is 13.9. The van der Waals surface area contributed by atoms with E-state index in [4.69, 9.17) is 4.74 Å². The van der Waals surface area contributed by atoms with Crippen molar-refractivity contribution >= 4 is 5.97 Å². The highest BCUT2D eigenvalue weighted by molar-refractivity contribution is 5.79. The molecule has 0 spiro atoms. The van der Waals surface area contributed by atoms with E-state index in [1.54, 1.807) is 24.3 Å². The van der Waals surface area contributed by atoms with E-state index in [2.05, 4.69) is 0 Å². The number of ether oxygens (including phenoxy) is 1. The normalized spacial score (nSPS) is 13.5. The smallest absolute Gasteiger partial charge is 0.352 e. The van der Waals surface area contributed by atoms with Gasteiger partial charge in [-0.15, -0.1) is 0 Å². The quantitative estimate of drug-likeness (QED) is 0.884. The molecule has 0 aliphatic carbocycles. The lowest BCUT2D eigenvalue weighted by molar-refractivity contribution is -0.154. The number of carboxylic acid groups (broad SMARTS) is 1. The van der Waals surface area contributed by atoms with Crippen molar-refractivity contribution in [1.82, 2.24) is 0 Å². The molecule has 0 saturated heterocycles. The Kier molecular flexibility index (Phi) is 3.42. The Balaban J connectivity index is 2.36. The van der Waals surface area contributed by atoms with Gasteiger partial charge in [-0.2, -0.15) is 0 Å². The van der Waals surface area contributed by atoms with Crippen molar-refractivity contribution in [2.45, 2.75) is 12.5 Å². The summed E-state index contributed by atoms with van der Waals surface area (Å²) in [4.78, 5) is 11.5. The molecule has 2 N–H and O–H groups in total. The van der Waals surface area contributed by atoms with Gasteiger partial charge in [-0.05, 0) is 31.2 Å². The molecule has 2 rings (SSSR count). The van der Waals surface area contributed by atoms with Gasteiger partial charge in [0.1, 0.15) is 11.5 Å². The van der Waals surface area contributed by atoms with Gasteiger partial charge in [-0.3, -0.25) is 0 Å². The van der Waals surface area contributed by atoms with Crippen LogP contribution in [0.4, 0.5) is 0 Å². The number of rotatable bonds is 4. The fourth-order valence-corrected chi connectivity index (χ4v) is 1.73. The van der Waals surface area contributed by atoms with E-state index < -0.39 is 11.6 Å². The summed E-state index contributed by atoms with van der Waals surface area (Å²) < 4.78 is 5.59. The molecule has 0 amide bonds. The lowest BCUT2D eigenvalue weighted by atomic mass is 9.96. The van der Waals surface area contributed by atoms with E-state index in [1.165, 1.54) is 31.2 Å². The summed E-state index contributed by atoms with van der Waals surface area (Å²) in [6, 6.07) is 14.7. The van der Waals surface area contributed by atoms with Gasteiger partial charge in [-0.1, -0.05) is 30.3 Å². The molecule has 98 valence electrons. The number of phenolic OH excluding ortho intramolecular Hbond substituents is 1. The number of hydrogen-bond acceptors (Lipinski definition) is 3. The summed E-state index contributed by atoms with van der Waals surface area (Å²) in [5, 5.41) is 18.6.